The Morgan fingerprint density at radius 3 is 2.62 bits per heavy atom. The van der Waals surface area contributed by atoms with Crippen LogP contribution in [0.25, 0.3) is 11.3 Å². The monoisotopic (exact) mass is 494 g/mol. The number of amides is 1. The van der Waals surface area contributed by atoms with Crippen molar-refractivity contribution in [1.82, 2.24) is 10.3 Å². The van der Waals surface area contributed by atoms with Crippen LogP contribution in [0.1, 0.15) is 12.3 Å². The second kappa shape index (κ2) is 10.4. The molecule has 0 radical (unpaired) electrons. The Morgan fingerprint density at radius 1 is 1.18 bits per heavy atom. The van der Waals surface area contributed by atoms with E-state index in [1.807, 2.05) is 0 Å². The van der Waals surface area contributed by atoms with Crippen molar-refractivity contribution in [1.29, 1.82) is 0 Å². The average Bonchev–Trinajstić information content (AvgIpc) is 3.23. The van der Waals surface area contributed by atoms with Crippen molar-refractivity contribution in [3.63, 3.8) is 0 Å². The van der Waals surface area contributed by atoms with Gasteiger partial charge in [0, 0.05) is 44.3 Å². The molecule has 0 bridgehead atoms. The van der Waals surface area contributed by atoms with Gasteiger partial charge in [0.15, 0.2) is 21.5 Å². The van der Waals surface area contributed by atoms with Crippen LogP contribution < -0.4 is 10.6 Å². The van der Waals surface area contributed by atoms with Crippen molar-refractivity contribution >= 4 is 27.1 Å². The third-order valence-corrected chi connectivity index (χ3v) is 5.78. The Morgan fingerprint density at radius 2 is 1.94 bits per heavy atom. The van der Waals surface area contributed by atoms with Gasteiger partial charge in [0.2, 0.25) is 5.91 Å². The highest BCUT2D eigenvalue weighted by atomic mass is 32.2. The first-order valence-electron chi connectivity index (χ1n) is 9.94. The van der Waals surface area contributed by atoms with E-state index < -0.39 is 32.1 Å². The van der Waals surface area contributed by atoms with Gasteiger partial charge in [-0.25, -0.2) is 22.2 Å². The van der Waals surface area contributed by atoms with Gasteiger partial charge in [-0.15, -0.1) is 0 Å². The fourth-order valence-electron chi connectivity index (χ4n) is 2.99. The summed E-state index contributed by atoms with van der Waals surface area (Å²) >= 11 is 0. The van der Waals surface area contributed by atoms with Crippen LogP contribution in [0, 0.1) is 21.7 Å². The van der Waals surface area contributed by atoms with Crippen molar-refractivity contribution in [2.45, 2.75) is 17.7 Å². The highest BCUT2D eigenvalue weighted by Crippen LogP contribution is 2.27. The van der Waals surface area contributed by atoms with Crippen LogP contribution in [-0.4, -0.2) is 43.6 Å². The van der Waals surface area contributed by atoms with Crippen LogP contribution >= 0.6 is 0 Å². The zero-order valence-electron chi connectivity index (χ0n) is 17.9. The number of rotatable bonds is 10. The molecule has 0 saturated heterocycles. The summed E-state index contributed by atoms with van der Waals surface area (Å²) in [6.07, 6.45) is 2.40. The number of nitro benzene ring substituents is 1. The first kappa shape index (κ1) is 24.8. The van der Waals surface area contributed by atoms with E-state index in [1.54, 1.807) is 0 Å². The van der Waals surface area contributed by atoms with Gasteiger partial charge in [0.1, 0.15) is 17.3 Å². The minimum Gasteiger partial charge on any atom is -0.441 e. The number of carbonyl (C=O) groups excluding carboxylic acids is 1. The number of oxazole rings is 1. The quantitative estimate of drug-likeness (QED) is 0.249. The second-order valence-corrected chi connectivity index (χ2v) is 9.24. The smallest absolute Gasteiger partial charge is 0.293 e. The molecule has 34 heavy (non-hydrogen) atoms. The van der Waals surface area contributed by atoms with Gasteiger partial charge in [-0.05, 0) is 24.3 Å². The number of nitrogens with one attached hydrogen (secondary N) is 2. The topological polar surface area (TPSA) is 144 Å². The molecule has 13 heteroatoms. The molecule has 0 fully saturated rings. The number of benzene rings is 2. The van der Waals surface area contributed by atoms with E-state index in [0.29, 0.717) is 0 Å². The fourth-order valence-corrected chi connectivity index (χ4v) is 3.63. The number of aromatic nitrogens is 1. The first-order valence-corrected chi connectivity index (χ1v) is 11.8. The highest BCUT2D eigenvalue weighted by molar-refractivity contribution is 7.90. The van der Waals surface area contributed by atoms with Crippen LogP contribution in [0.4, 0.5) is 20.2 Å². The third kappa shape index (κ3) is 6.34. The van der Waals surface area contributed by atoms with Crippen LogP contribution in [0.3, 0.4) is 0 Å². The summed E-state index contributed by atoms with van der Waals surface area (Å²) in [7, 11) is -3.60. The van der Waals surface area contributed by atoms with Crippen molar-refractivity contribution < 1.29 is 31.3 Å². The van der Waals surface area contributed by atoms with E-state index in [9.17, 15) is 32.1 Å². The Bertz CT molecular complexity index is 1330. The molecule has 3 aromatic rings. The maximum atomic E-state index is 13.8. The predicted molar refractivity (Wildman–Crippen MR) is 118 cm³/mol. The molecule has 0 atom stereocenters. The molecule has 0 unspecified atom stereocenters. The van der Waals surface area contributed by atoms with Gasteiger partial charge >= 0.3 is 0 Å². The summed E-state index contributed by atoms with van der Waals surface area (Å²) in [4.78, 5) is 26.4. The maximum Gasteiger partial charge on any atom is 0.293 e. The number of hydrogen-bond acceptors (Lipinski definition) is 8. The molecular formula is C21H20F2N4O6S. The van der Waals surface area contributed by atoms with E-state index in [-0.39, 0.29) is 59.6 Å². The van der Waals surface area contributed by atoms with E-state index in [0.717, 1.165) is 24.5 Å². The number of carbonyl (C=O) groups is 1. The minimum absolute atomic E-state index is 0.0229. The van der Waals surface area contributed by atoms with Gasteiger partial charge in [-0.2, -0.15) is 0 Å². The molecule has 10 nitrogen and oxygen atoms in total. The normalized spacial score (nSPS) is 11.3. The molecule has 2 N–H and O–H groups in total. The summed E-state index contributed by atoms with van der Waals surface area (Å²) in [5.74, 6) is -1.53. The van der Waals surface area contributed by atoms with Crippen molar-refractivity contribution in [2.75, 3.05) is 24.7 Å². The van der Waals surface area contributed by atoms with Crippen molar-refractivity contribution in [2.24, 2.45) is 0 Å². The molecule has 1 amide bonds. The van der Waals surface area contributed by atoms with Gasteiger partial charge in [0.05, 0.1) is 21.6 Å². The summed E-state index contributed by atoms with van der Waals surface area (Å²) in [5, 5.41) is 16.6. The summed E-state index contributed by atoms with van der Waals surface area (Å²) in [5.41, 5.74) is -0.229. The third-order valence-electron chi connectivity index (χ3n) is 4.67. The number of aryl methyl sites for hydroxylation is 1. The van der Waals surface area contributed by atoms with Crippen LogP contribution in [0.15, 0.2) is 51.9 Å². The van der Waals surface area contributed by atoms with E-state index >= 15 is 0 Å². The number of sulfone groups is 1. The summed E-state index contributed by atoms with van der Waals surface area (Å²) in [6.45, 7) is 0.291. The Labute approximate surface area is 193 Å². The second-order valence-electron chi connectivity index (χ2n) is 7.23. The molecule has 1 aromatic heterocycles. The Balaban J connectivity index is 1.48. The van der Waals surface area contributed by atoms with Gasteiger partial charge < -0.3 is 15.1 Å². The lowest BCUT2D eigenvalue weighted by Gasteiger charge is -2.09. The highest BCUT2D eigenvalue weighted by Gasteiger charge is 2.18. The predicted octanol–water partition coefficient (Wildman–Crippen LogP) is 3.09. The first-order chi connectivity index (χ1) is 16.0. The van der Waals surface area contributed by atoms with Crippen molar-refractivity contribution in [3.8, 4) is 11.3 Å². The Hall–Kier alpha value is -3.87. The standard InChI is InChI=1S/C21H20F2N4O6S/c1-34(31,32)14-3-5-17(18(11-14)27(29)30)24-8-9-25-20(28)6-7-21-26-12-19(33-21)15-4-2-13(22)10-16(15)23/h2-5,10-12,24H,6-9H2,1H3,(H,25,28). The Kier molecular flexibility index (Phi) is 7.56. The average molecular weight is 494 g/mol. The SMILES string of the molecule is CS(=O)(=O)c1ccc(NCCNC(=O)CCc2ncc(-c3ccc(F)cc3F)o2)c([N+](=O)[O-])c1. The molecular weight excluding hydrogens is 474 g/mol. The van der Waals surface area contributed by atoms with Crippen LogP contribution in [-0.2, 0) is 21.1 Å². The fraction of sp³-hybridized carbons (Fsp3) is 0.238. The lowest BCUT2D eigenvalue weighted by Crippen LogP contribution is -2.29. The number of nitrogens with zero attached hydrogens (tertiary/aromatic N) is 2. The van der Waals surface area contributed by atoms with Gasteiger partial charge in [0.25, 0.3) is 5.69 Å². The molecule has 1 heterocycles. The molecule has 0 aliphatic rings. The molecule has 180 valence electrons. The number of halogens is 2. The zero-order valence-corrected chi connectivity index (χ0v) is 18.7. The van der Waals surface area contributed by atoms with E-state index in [1.165, 1.54) is 24.4 Å². The van der Waals surface area contributed by atoms with Gasteiger partial charge in [-0.1, -0.05) is 0 Å². The number of nitro groups is 1. The van der Waals surface area contributed by atoms with Crippen molar-refractivity contribution in [3.05, 3.63) is 70.2 Å². The number of hydrogen-bond donors (Lipinski definition) is 2. The molecule has 0 spiro atoms. The zero-order chi connectivity index (χ0) is 24.9. The minimum atomic E-state index is -3.60. The summed E-state index contributed by atoms with van der Waals surface area (Å²) < 4.78 is 55.5. The molecule has 0 aliphatic heterocycles. The lowest BCUT2D eigenvalue weighted by molar-refractivity contribution is -0.384. The van der Waals surface area contributed by atoms with E-state index in [4.69, 9.17) is 4.42 Å². The largest absolute Gasteiger partial charge is 0.441 e. The molecule has 3 rings (SSSR count). The molecule has 0 saturated carbocycles. The van der Waals surface area contributed by atoms with E-state index in [2.05, 4.69) is 15.6 Å². The maximum absolute atomic E-state index is 13.8. The van der Waals surface area contributed by atoms with Crippen LogP contribution in [0.2, 0.25) is 0 Å². The molecule has 0 aliphatic carbocycles. The van der Waals surface area contributed by atoms with Gasteiger partial charge in [-0.3, -0.25) is 14.9 Å². The number of anilines is 1. The van der Waals surface area contributed by atoms with Crippen LogP contribution in [0.5, 0.6) is 0 Å². The lowest BCUT2D eigenvalue weighted by atomic mass is 10.2. The molecule has 2 aromatic carbocycles. The summed E-state index contributed by atoms with van der Waals surface area (Å²) in [6, 6.07) is 6.57.